The van der Waals surface area contributed by atoms with Crippen LogP contribution in [0.1, 0.15) is 26.7 Å². The van der Waals surface area contributed by atoms with Crippen LogP contribution < -0.4 is 0 Å². The highest BCUT2D eigenvalue weighted by Gasteiger charge is 2.25. The van der Waals surface area contributed by atoms with Gasteiger partial charge in [0.15, 0.2) is 0 Å². The van der Waals surface area contributed by atoms with E-state index in [4.69, 9.17) is 0 Å². The maximum atomic E-state index is 10.2. The van der Waals surface area contributed by atoms with E-state index in [-0.39, 0.29) is 6.04 Å². The van der Waals surface area contributed by atoms with Crippen molar-refractivity contribution >= 4 is 0 Å². The summed E-state index contributed by atoms with van der Waals surface area (Å²) >= 11 is 0. The highest BCUT2D eigenvalue weighted by Crippen LogP contribution is 2.18. The normalized spacial score (nSPS) is 22.6. The average Bonchev–Trinajstić information content (AvgIpc) is 2.82. The summed E-state index contributed by atoms with van der Waals surface area (Å²) in [6.07, 6.45) is 9.64. The van der Waals surface area contributed by atoms with E-state index >= 15 is 0 Å². The van der Waals surface area contributed by atoms with Crippen LogP contribution in [-0.2, 0) is 0 Å². The van der Waals surface area contributed by atoms with E-state index in [1.807, 2.05) is 25.2 Å². The maximum absolute atomic E-state index is 10.2. The van der Waals surface area contributed by atoms with Gasteiger partial charge in [-0.1, -0.05) is 30.9 Å². The molecule has 2 atom stereocenters. The summed E-state index contributed by atoms with van der Waals surface area (Å²) in [5.41, 5.74) is 0.900. The fourth-order valence-corrected chi connectivity index (χ4v) is 2.12. The molecule has 0 aromatic rings. The van der Waals surface area contributed by atoms with Crippen LogP contribution in [0.15, 0.2) is 36.5 Å². The van der Waals surface area contributed by atoms with E-state index in [2.05, 4.69) is 18.4 Å². The maximum Gasteiger partial charge on any atom is 0.0942 e. The van der Waals surface area contributed by atoms with Crippen LogP contribution in [0.5, 0.6) is 0 Å². The Balaban J connectivity index is 2.65. The number of aliphatic hydroxyl groups excluding tert-OH is 1. The van der Waals surface area contributed by atoms with E-state index in [1.54, 1.807) is 6.08 Å². The lowest BCUT2D eigenvalue weighted by Crippen LogP contribution is -2.40. The van der Waals surface area contributed by atoms with Gasteiger partial charge in [0.1, 0.15) is 0 Å². The third kappa shape index (κ3) is 3.32. The highest BCUT2D eigenvalue weighted by atomic mass is 16.3. The second-order valence-electron chi connectivity index (χ2n) is 4.33. The molecule has 0 radical (unpaired) electrons. The zero-order valence-electron chi connectivity index (χ0n) is 10.4. The van der Waals surface area contributed by atoms with Crippen molar-refractivity contribution < 1.29 is 5.11 Å². The fraction of sp³-hybridized carbons (Fsp3) is 0.571. The molecular weight excluding hydrogens is 198 g/mol. The van der Waals surface area contributed by atoms with Gasteiger partial charge < -0.3 is 5.11 Å². The smallest absolute Gasteiger partial charge is 0.0942 e. The Bertz CT molecular complexity index is 274. The monoisotopic (exact) mass is 221 g/mol. The van der Waals surface area contributed by atoms with Crippen molar-refractivity contribution in [1.82, 2.24) is 4.90 Å². The molecule has 0 bridgehead atoms. The number of nitrogens with zero attached hydrogens (tertiary/aromatic N) is 1. The number of hydrogen-bond acceptors (Lipinski definition) is 2. The van der Waals surface area contributed by atoms with Gasteiger partial charge in [0, 0.05) is 6.04 Å². The first-order valence-corrected chi connectivity index (χ1v) is 6.08. The molecule has 1 N–H and O–H groups in total. The lowest BCUT2D eigenvalue weighted by Gasteiger charge is -2.28. The van der Waals surface area contributed by atoms with Gasteiger partial charge in [0.2, 0.25) is 0 Å². The molecule has 2 heteroatoms. The zero-order valence-corrected chi connectivity index (χ0v) is 10.4. The number of likely N-dealkylation sites (tertiary alicyclic amines) is 1. The standard InChI is InChI=1S/C14H23NO/c1-4-6-9-13(5-2)14(16)12(3)15-10-7-8-11-15/h4-6,9,12,14,16H,2,7-8,10-11H2,1,3H3/b6-4-,13-9+/t12?,14-/m0/s1. The van der Waals surface area contributed by atoms with Crippen molar-refractivity contribution in [2.75, 3.05) is 13.1 Å². The van der Waals surface area contributed by atoms with Crippen molar-refractivity contribution in [2.24, 2.45) is 0 Å². The molecule has 1 saturated heterocycles. The molecule has 0 saturated carbocycles. The lowest BCUT2D eigenvalue weighted by molar-refractivity contribution is 0.1000. The summed E-state index contributed by atoms with van der Waals surface area (Å²) in [6, 6.07) is 0.178. The zero-order chi connectivity index (χ0) is 12.0. The van der Waals surface area contributed by atoms with E-state index in [9.17, 15) is 5.11 Å². The average molecular weight is 221 g/mol. The first-order valence-electron chi connectivity index (χ1n) is 6.08. The quantitative estimate of drug-likeness (QED) is 0.721. The second-order valence-corrected chi connectivity index (χ2v) is 4.33. The highest BCUT2D eigenvalue weighted by molar-refractivity contribution is 5.27. The predicted molar refractivity (Wildman–Crippen MR) is 69.4 cm³/mol. The van der Waals surface area contributed by atoms with Crippen LogP contribution in [0.4, 0.5) is 0 Å². The third-order valence-electron chi connectivity index (χ3n) is 3.23. The minimum atomic E-state index is -0.438. The summed E-state index contributed by atoms with van der Waals surface area (Å²) in [5.74, 6) is 0. The summed E-state index contributed by atoms with van der Waals surface area (Å²) < 4.78 is 0. The van der Waals surface area contributed by atoms with E-state index in [1.165, 1.54) is 12.8 Å². The molecule has 1 aliphatic heterocycles. The molecule has 1 rings (SSSR count). The van der Waals surface area contributed by atoms with Crippen LogP contribution >= 0.6 is 0 Å². The summed E-state index contributed by atoms with van der Waals surface area (Å²) in [6.45, 7) is 10.0. The molecule has 2 nitrogen and oxygen atoms in total. The van der Waals surface area contributed by atoms with Crippen LogP contribution in [0.3, 0.4) is 0 Å². The van der Waals surface area contributed by atoms with Crippen molar-refractivity contribution in [3.8, 4) is 0 Å². The molecule has 16 heavy (non-hydrogen) atoms. The molecule has 0 amide bonds. The Hall–Kier alpha value is -0.860. The van der Waals surface area contributed by atoms with Gasteiger partial charge in [-0.3, -0.25) is 4.90 Å². The first kappa shape index (κ1) is 13.2. The Morgan fingerprint density at radius 3 is 2.50 bits per heavy atom. The van der Waals surface area contributed by atoms with Crippen molar-refractivity contribution in [1.29, 1.82) is 0 Å². The van der Waals surface area contributed by atoms with Gasteiger partial charge in [0.25, 0.3) is 0 Å². The number of hydrogen-bond donors (Lipinski definition) is 1. The summed E-state index contributed by atoms with van der Waals surface area (Å²) in [5, 5.41) is 10.2. The Kier molecular flexibility index (Phi) is 5.50. The lowest BCUT2D eigenvalue weighted by atomic mass is 10.0. The first-order chi connectivity index (χ1) is 7.70. The van der Waals surface area contributed by atoms with Crippen LogP contribution in [0.25, 0.3) is 0 Å². The molecule has 0 aliphatic carbocycles. The molecule has 1 heterocycles. The minimum absolute atomic E-state index is 0.178. The van der Waals surface area contributed by atoms with Gasteiger partial charge in [-0.15, -0.1) is 0 Å². The molecule has 1 unspecified atom stereocenters. The Labute approximate surface area is 99.0 Å². The van der Waals surface area contributed by atoms with Gasteiger partial charge in [0.05, 0.1) is 6.10 Å². The predicted octanol–water partition coefficient (Wildman–Crippen LogP) is 2.52. The molecule has 1 aliphatic rings. The molecule has 0 aromatic carbocycles. The van der Waals surface area contributed by atoms with Crippen LogP contribution in [0.2, 0.25) is 0 Å². The molecular formula is C14H23NO. The van der Waals surface area contributed by atoms with E-state index in [0.717, 1.165) is 18.7 Å². The number of aliphatic hydroxyl groups is 1. The Morgan fingerprint density at radius 2 is 2.00 bits per heavy atom. The van der Waals surface area contributed by atoms with Crippen LogP contribution in [0, 0.1) is 0 Å². The van der Waals surface area contributed by atoms with E-state index in [0.29, 0.717) is 0 Å². The molecule has 90 valence electrons. The van der Waals surface area contributed by atoms with Crippen LogP contribution in [-0.4, -0.2) is 35.2 Å². The van der Waals surface area contributed by atoms with Gasteiger partial charge >= 0.3 is 0 Å². The second kappa shape index (κ2) is 6.66. The molecule has 1 fully saturated rings. The Morgan fingerprint density at radius 1 is 1.38 bits per heavy atom. The number of allylic oxidation sites excluding steroid dienone is 3. The fourth-order valence-electron chi connectivity index (χ4n) is 2.12. The van der Waals surface area contributed by atoms with Gasteiger partial charge in [-0.25, -0.2) is 0 Å². The van der Waals surface area contributed by atoms with Gasteiger partial charge in [-0.2, -0.15) is 0 Å². The summed E-state index contributed by atoms with van der Waals surface area (Å²) in [4.78, 5) is 2.34. The van der Waals surface area contributed by atoms with Crippen molar-refractivity contribution in [3.63, 3.8) is 0 Å². The van der Waals surface area contributed by atoms with Gasteiger partial charge in [-0.05, 0) is 45.4 Å². The molecule has 0 spiro atoms. The van der Waals surface area contributed by atoms with E-state index < -0.39 is 6.10 Å². The topological polar surface area (TPSA) is 23.5 Å². The summed E-state index contributed by atoms with van der Waals surface area (Å²) in [7, 11) is 0. The SMILES string of the molecule is C=C/C(=C\C=C/C)[C@@H](O)C(C)N1CCCC1. The molecule has 0 aromatic heterocycles. The largest absolute Gasteiger partial charge is 0.387 e. The minimum Gasteiger partial charge on any atom is -0.387 e. The van der Waals surface area contributed by atoms with Crippen molar-refractivity contribution in [2.45, 2.75) is 38.8 Å². The van der Waals surface area contributed by atoms with Crippen molar-refractivity contribution in [3.05, 3.63) is 36.5 Å². The third-order valence-corrected chi connectivity index (χ3v) is 3.23. The number of rotatable bonds is 5.